The van der Waals surface area contributed by atoms with Gasteiger partial charge in [-0.05, 0) is 44.1 Å². The first kappa shape index (κ1) is 17.7. The first-order chi connectivity index (χ1) is 12.9. The van der Waals surface area contributed by atoms with E-state index in [4.69, 9.17) is 15.0 Å². The molecule has 0 spiro atoms. The average Bonchev–Trinajstić information content (AvgIpc) is 2.66. The summed E-state index contributed by atoms with van der Waals surface area (Å²) in [7, 11) is 0. The fourth-order valence-electron chi connectivity index (χ4n) is 3.95. The number of nitrogens with one attached hydrogen (secondary N) is 2. The highest BCUT2D eigenvalue weighted by atomic mass is 16.5. The number of nitrogens with zero attached hydrogens (tertiary/aromatic N) is 4. The Bertz CT molecular complexity index is 851. The second-order valence-electron chi connectivity index (χ2n) is 7.95. The van der Waals surface area contributed by atoms with Gasteiger partial charge in [-0.15, -0.1) is 0 Å². The third kappa shape index (κ3) is 3.58. The fourth-order valence-corrected chi connectivity index (χ4v) is 3.95. The van der Waals surface area contributed by atoms with Gasteiger partial charge in [0.05, 0.1) is 24.1 Å². The lowest BCUT2D eigenvalue weighted by Crippen LogP contribution is -2.48. The van der Waals surface area contributed by atoms with E-state index in [1.807, 2.05) is 19.2 Å². The Morgan fingerprint density at radius 2 is 2.11 bits per heavy atom. The normalized spacial score (nSPS) is 21.6. The highest BCUT2D eigenvalue weighted by Crippen LogP contribution is 2.28. The summed E-state index contributed by atoms with van der Waals surface area (Å²) in [4.78, 5) is 9.42. The number of anilines is 1. The molecule has 0 aromatic carbocycles. The van der Waals surface area contributed by atoms with Crippen molar-refractivity contribution in [1.82, 2.24) is 20.7 Å². The van der Waals surface area contributed by atoms with Gasteiger partial charge in [-0.25, -0.2) is 0 Å². The smallest absolute Gasteiger partial charge is 0.132 e. The summed E-state index contributed by atoms with van der Waals surface area (Å²) >= 11 is 0. The maximum Gasteiger partial charge on any atom is 0.132 e. The van der Waals surface area contributed by atoms with Gasteiger partial charge in [0, 0.05) is 38.3 Å². The average molecular weight is 366 g/mol. The van der Waals surface area contributed by atoms with Crippen LogP contribution in [0.4, 0.5) is 5.69 Å². The van der Waals surface area contributed by atoms with Gasteiger partial charge in [0.25, 0.3) is 0 Å². The monoisotopic (exact) mass is 366 g/mol. The molecule has 7 heteroatoms. The number of hydrazine groups is 1. The number of allylic oxidation sites excluding steroid dienone is 3. The van der Waals surface area contributed by atoms with Gasteiger partial charge in [0.15, 0.2) is 0 Å². The van der Waals surface area contributed by atoms with Crippen LogP contribution in [0, 0.1) is 11.3 Å². The lowest BCUT2D eigenvalue weighted by atomic mass is 10.0. The third-order valence-corrected chi connectivity index (χ3v) is 5.30. The SMILES string of the molecule is CC1=C(N2CCc3ncc(N4CCOC(C)(C)C4)cc3C2)NNC(C#N)=C1. The van der Waals surface area contributed by atoms with E-state index in [9.17, 15) is 0 Å². The molecule has 142 valence electrons. The molecule has 0 bridgehead atoms. The highest BCUT2D eigenvalue weighted by molar-refractivity contribution is 5.49. The van der Waals surface area contributed by atoms with Crippen molar-refractivity contribution >= 4 is 5.69 Å². The van der Waals surface area contributed by atoms with Gasteiger partial charge in [-0.2, -0.15) is 5.26 Å². The summed E-state index contributed by atoms with van der Waals surface area (Å²) in [5.74, 6) is 1.03. The van der Waals surface area contributed by atoms with Crippen LogP contribution < -0.4 is 15.8 Å². The number of hydrogen-bond acceptors (Lipinski definition) is 7. The van der Waals surface area contributed by atoms with Gasteiger partial charge >= 0.3 is 0 Å². The van der Waals surface area contributed by atoms with Crippen molar-refractivity contribution in [3.05, 3.63) is 46.7 Å². The Hall–Kier alpha value is -2.72. The van der Waals surface area contributed by atoms with Crippen molar-refractivity contribution in [2.75, 3.05) is 31.1 Å². The van der Waals surface area contributed by atoms with Crippen LogP contribution in [0.5, 0.6) is 0 Å². The van der Waals surface area contributed by atoms with E-state index in [0.29, 0.717) is 5.70 Å². The van der Waals surface area contributed by atoms with E-state index in [2.05, 4.69) is 46.6 Å². The van der Waals surface area contributed by atoms with Gasteiger partial charge < -0.3 is 14.5 Å². The molecular formula is C20H26N6O. The summed E-state index contributed by atoms with van der Waals surface area (Å²) in [6.45, 7) is 10.5. The van der Waals surface area contributed by atoms with E-state index in [-0.39, 0.29) is 5.60 Å². The molecule has 0 radical (unpaired) electrons. The summed E-state index contributed by atoms with van der Waals surface area (Å²) in [6.07, 6.45) is 4.80. The molecule has 1 aromatic heterocycles. The van der Waals surface area contributed by atoms with Crippen LogP contribution in [0.15, 0.2) is 35.4 Å². The zero-order chi connectivity index (χ0) is 19.0. The molecule has 1 aromatic rings. The summed E-state index contributed by atoms with van der Waals surface area (Å²) < 4.78 is 5.84. The summed E-state index contributed by atoms with van der Waals surface area (Å²) in [5, 5.41) is 9.05. The molecule has 1 fully saturated rings. The quantitative estimate of drug-likeness (QED) is 0.826. The zero-order valence-electron chi connectivity index (χ0n) is 16.2. The minimum absolute atomic E-state index is 0.134. The maximum atomic E-state index is 9.05. The van der Waals surface area contributed by atoms with E-state index in [1.54, 1.807) is 0 Å². The minimum atomic E-state index is -0.134. The molecule has 27 heavy (non-hydrogen) atoms. The Morgan fingerprint density at radius 3 is 2.85 bits per heavy atom. The maximum absolute atomic E-state index is 9.05. The minimum Gasteiger partial charge on any atom is -0.372 e. The van der Waals surface area contributed by atoms with E-state index < -0.39 is 0 Å². The van der Waals surface area contributed by atoms with Crippen LogP contribution in [-0.2, 0) is 17.7 Å². The molecule has 1 saturated heterocycles. The van der Waals surface area contributed by atoms with Crippen molar-refractivity contribution < 1.29 is 4.74 Å². The molecule has 0 saturated carbocycles. The predicted octanol–water partition coefficient (Wildman–Crippen LogP) is 1.80. The third-order valence-electron chi connectivity index (χ3n) is 5.30. The standard InChI is InChI=1S/C20H26N6O/c1-14-8-16(10-21)23-24-19(14)25-5-4-18-15(12-25)9-17(11-22-18)26-6-7-27-20(2,3)13-26/h8-9,11,23-24H,4-7,12-13H2,1-3H3. The van der Waals surface area contributed by atoms with Crippen LogP contribution in [0.3, 0.4) is 0 Å². The van der Waals surface area contributed by atoms with Gasteiger partial charge in [-0.1, -0.05) is 0 Å². The van der Waals surface area contributed by atoms with Crippen molar-refractivity contribution in [1.29, 1.82) is 5.26 Å². The number of pyridine rings is 1. The van der Waals surface area contributed by atoms with Gasteiger partial charge in [-0.3, -0.25) is 15.8 Å². The Morgan fingerprint density at radius 1 is 1.26 bits per heavy atom. The molecular weight excluding hydrogens is 340 g/mol. The molecule has 3 aliphatic rings. The van der Waals surface area contributed by atoms with Crippen LogP contribution in [-0.4, -0.2) is 41.7 Å². The molecule has 0 atom stereocenters. The lowest BCUT2D eigenvalue weighted by Gasteiger charge is -2.40. The van der Waals surface area contributed by atoms with Crippen LogP contribution in [0.2, 0.25) is 0 Å². The molecule has 0 unspecified atom stereocenters. The van der Waals surface area contributed by atoms with E-state index in [0.717, 1.165) is 50.6 Å². The summed E-state index contributed by atoms with van der Waals surface area (Å²) in [6, 6.07) is 4.41. The van der Waals surface area contributed by atoms with Crippen molar-refractivity contribution in [2.24, 2.45) is 0 Å². The first-order valence-corrected chi connectivity index (χ1v) is 9.41. The second kappa shape index (κ2) is 6.78. The zero-order valence-corrected chi connectivity index (χ0v) is 16.2. The first-order valence-electron chi connectivity index (χ1n) is 9.41. The molecule has 7 nitrogen and oxygen atoms in total. The molecule has 4 heterocycles. The number of rotatable bonds is 2. The number of ether oxygens (including phenoxy) is 1. The summed E-state index contributed by atoms with van der Waals surface area (Å²) in [5.41, 5.74) is 11.2. The molecule has 0 aliphatic carbocycles. The van der Waals surface area contributed by atoms with Crippen molar-refractivity contribution in [2.45, 2.75) is 39.3 Å². The molecule has 3 aliphatic heterocycles. The number of fused-ring (bicyclic) bond motifs is 1. The van der Waals surface area contributed by atoms with Crippen LogP contribution >= 0.6 is 0 Å². The second-order valence-corrected chi connectivity index (χ2v) is 7.95. The lowest BCUT2D eigenvalue weighted by molar-refractivity contribution is -0.0277. The number of aromatic nitrogens is 1. The highest BCUT2D eigenvalue weighted by Gasteiger charge is 2.29. The Labute approximate surface area is 160 Å². The van der Waals surface area contributed by atoms with Crippen LogP contribution in [0.25, 0.3) is 0 Å². The predicted molar refractivity (Wildman–Crippen MR) is 103 cm³/mol. The Kier molecular flexibility index (Phi) is 4.44. The van der Waals surface area contributed by atoms with E-state index >= 15 is 0 Å². The van der Waals surface area contributed by atoms with Gasteiger partial charge in [0.1, 0.15) is 17.6 Å². The number of nitriles is 1. The molecule has 2 N–H and O–H groups in total. The van der Waals surface area contributed by atoms with Gasteiger partial charge in [0.2, 0.25) is 0 Å². The molecule has 4 rings (SSSR count). The Balaban J connectivity index is 1.56. The fraction of sp³-hybridized carbons (Fsp3) is 0.500. The van der Waals surface area contributed by atoms with Crippen molar-refractivity contribution in [3.8, 4) is 6.07 Å². The van der Waals surface area contributed by atoms with Crippen LogP contribution in [0.1, 0.15) is 32.0 Å². The van der Waals surface area contributed by atoms with Crippen molar-refractivity contribution in [3.63, 3.8) is 0 Å². The molecule has 0 amide bonds. The topological polar surface area (TPSA) is 76.5 Å². The largest absolute Gasteiger partial charge is 0.372 e. The number of hydrogen-bond donors (Lipinski definition) is 2. The number of morpholine rings is 1. The van der Waals surface area contributed by atoms with E-state index in [1.165, 1.54) is 16.9 Å².